The first kappa shape index (κ1) is 12.6. The summed E-state index contributed by atoms with van der Waals surface area (Å²) in [6, 6.07) is 7.27. The van der Waals surface area contributed by atoms with Crippen molar-refractivity contribution in [1.29, 1.82) is 0 Å². The number of H-pyrrole nitrogens is 1. The number of pyridine rings is 1. The number of aromatic nitrogens is 1. The van der Waals surface area contributed by atoms with Crippen LogP contribution in [0.5, 0.6) is 0 Å². The van der Waals surface area contributed by atoms with Gasteiger partial charge in [-0.2, -0.15) is 0 Å². The van der Waals surface area contributed by atoms with Crippen LogP contribution in [0.1, 0.15) is 19.4 Å². The summed E-state index contributed by atoms with van der Waals surface area (Å²) in [5.74, 6) is 0.122. The lowest BCUT2D eigenvalue weighted by molar-refractivity contribution is 0.153. The summed E-state index contributed by atoms with van der Waals surface area (Å²) < 4.78 is 0. The normalized spacial score (nSPS) is 12.9. The fraction of sp³-hybridized carbons (Fsp3) is 0.357. The molecule has 0 saturated carbocycles. The first-order valence-electron chi connectivity index (χ1n) is 6.05. The molecule has 96 valence electrons. The maximum atomic E-state index is 11.4. The zero-order valence-electron chi connectivity index (χ0n) is 10.8. The topological polar surface area (TPSA) is 65.1 Å². The quantitative estimate of drug-likeness (QED) is 0.728. The highest BCUT2D eigenvalue weighted by Crippen LogP contribution is 2.20. The summed E-state index contributed by atoms with van der Waals surface area (Å²) in [6.45, 7) is 5.78. The minimum Gasteiger partial charge on any atom is -0.374 e. The number of benzene rings is 1. The van der Waals surface area contributed by atoms with Crippen LogP contribution in [0.25, 0.3) is 10.9 Å². The molecule has 0 aliphatic heterocycles. The molecule has 0 fully saturated rings. The van der Waals surface area contributed by atoms with Crippen LogP contribution in [0, 0.1) is 12.8 Å². The summed E-state index contributed by atoms with van der Waals surface area (Å²) in [5, 5.41) is 13.8. The predicted octanol–water partition coefficient (Wildman–Crippen LogP) is 2.22. The van der Waals surface area contributed by atoms with Crippen molar-refractivity contribution in [2.24, 2.45) is 5.92 Å². The molecule has 0 aliphatic carbocycles. The number of aromatic amines is 1. The van der Waals surface area contributed by atoms with Gasteiger partial charge in [-0.1, -0.05) is 19.9 Å². The van der Waals surface area contributed by atoms with Crippen molar-refractivity contribution < 1.29 is 5.11 Å². The molecular weight excluding hydrogens is 228 g/mol. The third-order valence-electron chi connectivity index (χ3n) is 3.00. The van der Waals surface area contributed by atoms with Crippen molar-refractivity contribution >= 4 is 16.6 Å². The lowest BCUT2D eigenvalue weighted by Crippen LogP contribution is -2.24. The summed E-state index contributed by atoms with van der Waals surface area (Å²) in [5.41, 5.74) is 2.41. The van der Waals surface area contributed by atoms with E-state index in [1.807, 2.05) is 39.0 Å². The van der Waals surface area contributed by atoms with Crippen molar-refractivity contribution in [1.82, 2.24) is 4.98 Å². The standard InChI is InChI=1S/C14H18N2O2/c1-8(2)14(18)15-10-4-5-11-9(3)6-13(17)16-12(11)7-10/h4-8,14-15,18H,1-3H3,(H,16,17)/t14-/m0/s1. The number of hydrogen-bond acceptors (Lipinski definition) is 3. The molecule has 0 radical (unpaired) electrons. The van der Waals surface area contributed by atoms with Gasteiger partial charge in [0.05, 0.1) is 5.52 Å². The largest absolute Gasteiger partial charge is 0.374 e. The first-order chi connectivity index (χ1) is 8.47. The van der Waals surface area contributed by atoms with Gasteiger partial charge in [0.1, 0.15) is 6.23 Å². The van der Waals surface area contributed by atoms with Crippen LogP contribution in [0.15, 0.2) is 29.1 Å². The molecular formula is C14H18N2O2. The molecule has 2 aromatic rings. The van der Waals surface area contributed by atoms with Crippen molar-refractivity contribution in [2.75, 3.05) is 5.32 Å². The summed E-state index contributed by atoms with van der Waals surface area (Å²) in [4.78, 5) is 14.2. The molecule has 1 atom stereocenters. The van der Waals surface area contributed by atoms with E-state index in [-0.39, 0.29) is 11.5 Å². The van der Waals surface area contributed by atoms with Gasteiger partial charge in [-0.05, 0) is 30.5 Å². The van der Waals surface area contributed by atoms with E-state index in [2.05, 4.69) is 10.3 Å². The zero-order chi connectivity index (χ0) is 13.3. The van der Waals surface area contributed by atoms with Gasteiger partial charge >= 0.3 is 0 Å². The monoisotopic (exact) mass is 246 g/mol. The van der Waals surface area contributed by atoms with Crippen LogP contribution in [0.3, 0.4) is 0 Å². The van der Waals surface area contributed by atoms with Crippen molar-refractivity contribution in [3.05, 3.63) is 40.2 Å². The van der Waals surface area contributed by atoms with Gasteiger partial charge < -0.3 is 15.4 Å². The van der Waals surface area contributed by atoms with E-state index in [0.717, 1.165) is 22.2 Å². The number of aliphatic hydroxyl groups is 1. The molecule has 4 nitrogen and oxygen atoms in total. The fourth-order valence-corrected chi connectivity index (χ4v) is 1.86. The second kappa shape index (κ2) is 4.82. The molecule has 1 aromatic carbocycles. The number of nitrogens with one attached hydrogen (secondary N) is 2. The van der Waals surface area contributed by atoms with Gasteiger partial charge in [-0.3, -0.25) is 4.79 Å². The Morgan fingerprint density at radius 2 is 2.00 bits per heavy atom. The molecule has 1 heterocycles. The maximum Gasteiger partial charge on any atom is 0.248 e. The van der Waals surface area contributed by atoms with E-state index in [1.54, 1.807) is 6.07 Å². The van der Waals surface area contributed by atoms with Gasteiger partial charge in [0.15, 0.2) is 0 Å². The van der Waals surface area contributed by atoms with Crippen LogP contribution >= 0.6 is 0 Å². The molecule has 2 rings (SSSR count). The Morgan fingerprint density at radius 3 is 2.67 bits per heavy atom. The Hall–Kier alpha value is -1.81. The second-order valence-electron chi connectivity index (χ2n) is 4.91. The third-order valence-corrected chi connectivity index (χ3v) is 3.00. The molecule has 0 aliphatic rings. The fourth-order valence-electron chi connectivity index (χ4n) is 1.86. The molecule has 3 N–H and O–H groups in total. The van der Waals surface area contributed by atoms with Crippen LogP contribution in [0.4, 0.5) is 5.69 Å². The van der Waals surface area contributed by atoms with Crippen LogP contribution in [-0.2, 0) is 0 Å². The van der Waals surface area contributed by atoms with E-state index in [0.29, 0.717) is 0 Å². The number of rotatable bonds is 3. The predicted molar refractivity (Wildman–Crippen MR) is 73.8 cm³/mol. The van der Waals surface area contributed by atoms with Crippen LogP contribution in [0.2, 0.25) is 0 Å². The second-order valence-corrected chi connectivity index (χ2v) is 4.91. The molecule has 0 amide bonds. The van der Waals surface area contributed by atoms with Crippen molar-refractivity contribution in [2.45, 2.75) is 27.0 Å². The highest BCUT2D eigenvalue weighted by molar-refractivity contribution is 5.84. The van der Waals surface area contributed by atoms with Gasteiger partial charge in [-0.25, -0.2) is 0 Å². The van der Waals surface area contributed by atoms with Gasteiger partial charge in [0, 0.05) is 17.1 Å². The highest BCUT2D eigenvalue weighted by Gasteiger charge is 2.09. The molecule has 18 heavy (non-hydrogen) atoms. The highest BCUT2D eigenvalue weighted by atomic mass is 16.3. The molecule has 0 saturated heterocycles. The maximum absolute atomic E-state index is 11.4. The number of aryl methyl sites for hydroxylation is 1. The number of anilines is 1. The summed E-state index contributed by atoms with van der Waals surface area (Å²) in [6.07, 6.45) is -0.598. The van der Waals surface area contributed by atoms with E-state index in [9.17, 15) is 9.90 Å². The number of hydrogen-bond donors (Lipinski definition) is 3. The number of aliphatic hydroxyl groups excluding tert-OH is 1. The molecule has 0 unspecified atom stereocenters. The smallest absolute Gasteiger partial charge is 0.248 e. The number of fused-ring (bicyclic) bond motifs is 1. The summed E-state index contributed by atoms with van der Waals surface area (Å²) in [7, 11) is 0. The lowest BCUT2D eigenvalue weighted by atomic mass is 10.1. The molecule has 4 heteroatoms. The SMILES string of the molecule is Cc1cc(=O)[nH]c2cc(N[C@@H](O)C(C)C)ccc12. The Balaban J connectivity index is 2.41. The van der Waals surface area contributed by atoms with E-state index < -0.39 is 6.23 Å². The van der Waals surface area contributed by atoms with Crippen molar-refractivity contribution in [3.8, 4) is 0 Å². The summed E-state index contributed by atoms with van der Waals surface area (Å²) >= 11 is 0. The first-order valence-corrected chi connectivity index (χ1v) is 6.05. The van der Waals surface area contributed by atoms with Crippen molar-refractivity contribution in [3.63, 3.8) is 0 Å². The van der Waals surface area contributed by atoms with Gasteiger partial charge in [0.2, 0.25) is 5.56 Å². The Bertz CT molecular complexity index is 617. The van der Waals surface area contributed by atoms with Gasteiger partial charge in [0.25, 0.3) is 0 Å². The average Bonchev–Trinajstić information content (AvgIpc) is 2.27. The Labute approximate surface area is 106 Å². The van der Waals surface area contributed by atoms with Gasteiger partial charge in [-0.15, -0.1) is 0 Å². The Morgan fingerprint density at radius 1 is 1.28 bits per heavy atom. The van der Waals surface area contributed by atoms with Crippen LogP contribution in [-0.4, -0.2) is 16.3 Å². The minimum atomic E-state index is -0.598. The zero-order valence-corrected chi connectivity index (χ0v) is 10.8. The van der Waals surface area contributed by atoms with E-state index >= 15 is 0 Å². The Kier molecular flexibility index (Phi) is 3.39. The molecule has 0 bridgehead atoms. The lowest BCUT2D eigenvalue weighted by Gasteiger charge is -2.17. The molecule has 0 spiro atoms. The van der Waals surface area contributed by atoms with Crippen LogP contribution < -0.4 is 10.9 Å². The van der Waals surface area contributed by atoms with E-state index in [4.69, 9.17) is 0 Å². The third kappa shape index (κ3) is 2.54. The molecule has 1 aromatic heterocycles. The minimum absolute atomic E-state index is 0.110. The van der Waals surface area contributed by atoms with E-state index in [1.165, 1.54) is 0 Å². The average molecular weight is 246 g/mol.